The molecule has 0 saturated carbocycles. The number of carboxylic acids is 1. The van der Waals surface area contributed by atoms with E-state index in [0.717, 1.165) is 6.92 Å². The Morgan fingerprint density at radius 3 is 2.40 bits per heavy atom. The van der Waals surface area contributed by atoms with Gasteiger partial charge in [0, 0.05) is 13.1 Å². The van der Waals surface area contributed by atoms with Gasteiger partial charge in [-0.05, 0) is 55.5 Å². The van der Waals surface area contributed by atoms with Crippen LogP contribution >= 0.6 is 7.60 Å². The van der Waals surface area contributed by atoms with Crippen molar-refractivity contribution in [1.29, 1.82) is 0 Å². The highest BCUT2D eigenvalue weighted by atomic mass is 32.2. The first-order valence-corrected chi connectivity index (χ1v) is 18.7. The summed E-state index contributed by atoms with van der Waals surface area (Å²) >= 11 is 0. The summed E-state index contributed by atoms with van der Waals surface area (Å²) in [7, 11) is -8.37. The zero-order valence-corrected chi connectivity index (χ0v) is 28.6. The van der Waals surface area contributed by atoms with Crippen molar-refractivity contribution in [3.8, 4) is 5.75 Å². The number of alkyl carbamates (subject to hydrolysis) is 1. The minimum Gasteiger partial charge on any atom is -0.481 e. The molecule has 2 aliphatic rings. The molecule has 0 radical (unpaired) electrons. The van der Waals surface area contributed by atoms with E-state index in [-0.39, 0.29) is 48.6 Å². The number of sulfonamides is 1. The first-order chi connectivity index (χ1) is 22.6. The summed E-state index contributed by atoms with van der Waals surface area (Å²) in [5.41, 5.74) is 0.601. The van der Waals surface area contributed by atoms with Crippen molar-refractivity contribution in [2.24, 2.45) is 11.8 Å². The van der Waals surface area contributed by atoms with Crippen molar-refractivity contribution in [2.45, 2.75) is 69.2 Å². The van der Waals surface area contributed by atoms with Crippen LogP contribution in [0.4, 0.5) is 4.79 Å². The van der Waals surface area contributed by atoms with E-state index in [1.54, 1.807) is 30.3 Å². The normalized spacial score (nSPS) is 22.4. The molecule has 2 heterocycles. The molecule has 2 aromatic rings. The smallest absolute Gasteiger partial charge is 0.407 e. The summed E-state index contributed by atoms with van der Waals surface area (Å²) in [6.07, 6.45) is -4.76. The van der Waals surface area contributed by atoms with Crippen molar-refractivity contribution in [1.82, 2.24) is 9.62 Å². The fourth-order valence-electron chi connectivity index (χ4n) is 5.36. The third kappa shape index (κ3) is 10.5. The largest absolute Gasteiger partial charge is 0.481 e. The molecule has 2 aromatic carbocycles. The van der Waals surface area contributed by atoms with Crippen molar-refractivity contribution >= 4 is 29.7 Å². The fourth-order valence-corrected chi connectivity index (χ4v) is 7.96. The number of carbonyl (C=O) groups excluding carboxylic acids is 1. The summed E-state index contributed by atoms with van der Waals surface area (Å²) in [5.74, 6) is -1.41. The fraction of sp³-hybridized carbons (Fsp3) is 0.548. The molecule has 7 atom stereocenters. The van der Waals surface area contributed by atoms with E-state index in [0.29, 0.717) is 18.6 Å². The van der Waals surface area contributed by atoms with Crippen LogP contribution in [0, 0.1) is 11.8 Å². The number of hydrogen-bond donors (Lipinski definition) is 4. The Kier molecular flexibility index (Phi) is 13.0. The molecule has 1 unspecified atom stereocenters. The number of amides is 1. The Labute approximate surface area is 279 Å². The van der Waals surface area contributed by atoms with E-state index in [9.17, 15) is 32.6 Å². The third-order valence-electron chi connectivity index (χ3n) is 7.80. The van der Waals surface area contributed by atoms with Crippen LogP contribution in [0.5, 0.6) is 5.75 Å². The molecule has 2 aliphatic heterocycles. The maximum absolute atomic E-state index is 13.6. The molecule has 1 amide bonds. The van der Waals surface area contributed by atoms with Gasteiger partial charge in [-0.25, -0.2) is 18.0 Å². The van der Waals surface area contributed by atoms with Gasteiger partial charge in [0.05, 0.1) is 36.2 Å². The van der Waals surface area contributed by atoms with Crippen molar-refractivity contribution in [3.63, 3.8) is 0 Å². The molecule has 4 rings (SSSR count). The van der Waals surface area contributed by atoms with Gasteiger partial charge in [-0.2, -0.15) is 4.31 Å². The molecule has 2 saturated heterocycles. The monoisotopic (exact) mass is 714 g/mol. The van der Waals surface area contributed by atoms with Crippen LogP contribution < -0.4 is 10.1 Å². The zero-order valence-electron chi connectivity index (χ0n) is 26.9. The van der Waals surface area contributed by atoms with Gasteiger partial charge in [0.25, 0.3) is 0 Å². The quantitative estimate of drug-likeness (QED) is 0.174. The summed E-state index contributed by atoms with van der Waals surface area (Å²) in [4.78, 5) is 34.1. The molecule has 0 spiro atoms. The highest BCUT2D eigenvalue weighted by Crippen LogP contribution is 2.43. The lowest BCUT2D eigenvalue weighted by Crippen LogP contribution is -2.51. The van der Waals surface area contributed by atoms with E-state index in [1.807, 2.05) is 13.8 Å². The molecule has 15 nitrogen and oxygen atoms in total. The minimum atomic E-state index is -4.38. The molecule has 0 aromatic heterocycles. The number of aliphatic carboxylic acids is 1. The first-order valence-electron chi connectivity index (χ1n) is 15.5. The Bertz CT molecular complexity index is 1530. The lowest BCUT2D eigenvalue weighted by molar-refractivity contribution is -0.144. The summed E-state index contributed by atoms with van der Waals surface area (Å²) < 4.78 is 67.3. The van der Waals surface area contributed by atoms with Gasteiger partial charge in [-0.3, -0.25) is 9.09 Å². The number of nitrogens with zero attached hydrogens (tertiary/aromatic N) is 1. The number of fused-ring (bicyclic) bond motifs is 1. The molecule has 266 valence electrons. The second-order valence-corrected chi connectivity index (χ2v) is 15.8. The number of carbonyl (C=O) groups is 2. The molecule has 4 N–H and O–H groups in total. The maximum atomic E-state index is 13.6. The van der Waals surface area contributed by atoms with Gasteiger partial charge >= 0.3 is 19.7 Å². The summed E-state index contributed by atoms with van der Waals surface area (Å²) in [6.45, 7) is 5.27. The van der Waals surface area contributed by atoms with Gasteiger partial charge in [0.1, 0.15) is 11.9 Å². The summed E-state index contributed by atoms with van der Waals surface area (Å²) in [6, 6.07) is 13.0. The van der Waals surface area contributed by atoms with Crippen LogP contribution in [-0.4, -0.2) is 103 Å². The van der Waals surface area contributed by atoms with Gasteiger partial charge in [-0.15, -0.1) is 0 Å². The summed E-state index contributed by atoms with van der Waals surface area (Å²) in [5, 5.41) is 23.1. The maximum Gasteiger partial charge on any atom is 0.407 e. The third-order valence-corrected chi connectivity index (χ3v) is 10.7. The Morgan fingerprint density at radius 1 is 1.06 bits per heavy atom. The number of hydrogen-bond acceptors (Lipinski definition) is 11. The first kappa shape index (κ1) is 37.7. The average Bonchev–Trinajstić information content (AvgIpc) is 3.65. The molecule has 17 heteroatoms. The van der Waals surface area contributed by atoms with Crippen molar-refractivity contribution < 1.29 is 61.1 Å². The average molecular weight is 715 g/mol. The zero-order chi connectivity index (χ0) is 35.1. The SMILES string of the molecule is CC(C)CN(C[C@@H](O)[C@H](Cc1ccc(OCP(=O)(O)O[C@@H](C)C(=O)O)cc1)NC(=O)O[C@H]1CO[C@H]2OCC[C@H]21)S(=O)(=O)c1ccccc1. The molecule has 0 aliphatic carbocycles. The Balaban J connectivity index is 1.49. The number of rotatable bonds is 17. The van der Waals surface area contributed by atoms with Crippen LogP contribution in [0.1, 0.15) is 32.8 Å². The second kappa shape index (κ2) is 16.5. The number of aliphatic hydroxyl groups is 1. The van der Waals surface area contributed by atoms with E-state index in [1.165, 1.54) is 28.6 Å². The van der Waals surface area contributed by atoms with E-state index >= 15 is 0 Å². The Morgan fingerprint density at radius 2 is 1.75 bits per heavy atom. The van der Waals surface area contributed by atoms with Crippen LogP contribution in [0.15, 0.2) is 59.5 Å². The number of aliphatic hydroxyl groups excluding tert-OH is 1. The predicted octanol–water partition coefficient (Wildman–Crippen LogP) is 2.80. The van der Waals surface area contributed by atoms with Gasteiger partial charge in [0.15, 0.2) is 18.7 Å². The molecule has 0 bridgehead atoms. The van der Waals surface area contributed by atoms with E-state index in [4.69, 9.17) is 24.1 Å². The van der Waals surface area contributed by atoms with Crippen LogP contribution in [0.3, 0.4) is 0 Å². The number of benzene rings is 2. The number of nitrogens with one attached hydrogen (secondary N) is 1. The van der Waals surface area contributed by atoms with Crippen LogP contribution in [0.25, 0.3) is 0 Å². The lowest BCUT2D eigenvalue weighted by Gasteiger charge is -2.31. The molecular formula is C31H43N2O13PS. The molecule has 2 fully saturated rings. The van der Waals surface area contributed by atoms with E-state index in [2.05, 4.69) is 9.84 Å². The van der Waals surface area contributed by atoms with Gasteiger partial charge in [-0.1, -0.05) is 44.2 Å². The van der Waals surface area contributed by atoms with Crippen LogP contribution in [-0.2, 0) is 44.5 Å². The van der Waals surface area contributed by atoms with Crippen molar-refractivity contribution in [2.75, 3.05) is 32.7 Å². The highest BCUT2D eigenvalue weighted by molar-refractivity contribution is 7.89. The molecular weight excluding hydrogens is 671 g/mol. The highest BCUT2D eigenvalue weighted by Gasteiger charge is 2.44. The minimum absolute atomic E-state index is 0.0471. The number of carboxylic acid groups (broad SMARTS) is 1. The predicted molar refractivity (Wildman–Crippen MR) is 171 cm³/mol. The molecule has 48 heavy (non-hydrogen) atoms. The number of ether oxygens (including phenoxy) is 4. The van der Waals surface area contributed by atoms with Gasteiger partial charge in [0.2, 0.25) is 10.0 Å². The van der Waals surface area contributed by atoms with Crippen LogP contribution in [0.2, 0.25) is 0 Å². The van der Waals surface area contributed by atoms with E-state index < -0.39 is 66.7 Å². The topological polar surface area (TPSA) is 207 Å². The standard InChI is InChI=1S/C31H43N2O13PS/c1-20(2)16-33(48(40,41)24-7-5-4-6-8-24)17-27(34)26(32-31(37)45-28-18-43-30-25(28)13-14-42-30)15-22-9-11-23(12-10-22)44-19-47(38,39)46-21(3)29(35)36/h4-12,20-21,25-28,30,34H,13-19H2,1-3H3,(H,32,37)(H,35,36)(H,38,39)/t21-,25-,26-,27+,28-,30+/m0/s1. The lowest BCUT2D eigenvalue weighted by atomic mass is 10.0. The van der Waals surface area contributed by atoms with Crippen molar-refractivity contribution in [3.05, 3.63) is 60.2 Å². The Hall–Kier alpha value is -3.08. The second-order valence-electron chi connectivity index (χ2n) is 12.2. The van der Waals surface area contributed by atoms with Gasteiger partial charge < -0.3 is 39.4 Å².